The van der Waals surface area contributed by atoms with Crippen LogP contribution in [0, 0.1) is 18.8 Å². The van der Waals surface area contributed by atoms with Gasteiger partial charge < -0.3 is 15.9 Å². The third-order valence-electron chi connectivity index (χ3n) is 5.93. The van der Waals surface area contributed by atoms with E-state index < -0.39 is 6.10 Å². The molecule has 3 heterocycles. The number of anilines is 1. The summed E-state index contributed by atoms with van der Waals surface area (Å²) in [6, 6.07) is 14.3. The number of pyridine rings is 1. The van der Waals surface area contributed by atoms with E-state index in [2.05, 4.69) is 26.9 Å². The number of aliphatic hydroxyl groups excluding tert-OH is 1. The summed E-state index contributed by atoms with van der Waals surface area (Å²) in [5.41, 5.74) is 8.54. The van der Waals surface area contributed by atoms with E-state index >= 15 is 0 Å². The molecule has 3 aromatic heterocycles. The van der Waals surface area contributed by atoms with Gasteiger partial charge in [-0.05, 0) is 48.9 Å². The molecule has 0 unspecified atom stereocenters. The van der Waals surface area contributed by atoms with E-state index in [1.807, 2.05) is 31.2 Å². The summed E-state index contributed by atoms with van der Waals surface area (Å²) in [5, 5.41) is 26.7. The van der Waals surface area contributed by atoms with Gasteiger partial charge in [-0.25, -0.2) is 14.6 Å². The molecule has 5 aromatic rings. The zero-order valence-corrected chi connectivity index (χ0v) is 19.8. The first kappa shape index (κ1) is 23.1. The average molecular weight is 481 g/mol. The maximum Gasteiger partial charge on any atom is 0.263 e. The number of hydrogen-bond donors (Lipinski definition) is 3. The van der Waals surface area contributed by atoms with Crippen LogP contribution < -0.4 is 11.3 Å². The lowest BCUT2D eigenvalue weighted by atomic mass is 10.1. The smallest absolute Gasteiger partial charge is 0.263 e. The quantitative estimate of drug-likeness (QED) is 0.337. The maximum absolute atomic E-state index is 13.8. The Morgan fingerprint density at radius 2 is 1.92 bits per heavy atom. The van der Waals surface area contributed by atoms with Crippen LogP contribution in [0.25, 0.3) is 27.5 Å². The lowest BCUT2D eigenvalue weighted by molar-refractivity contribution is 0.201. The van der Waals surface area contributed by atoms with Crippen molar-refractivity contribution < 1.29 is 10.2 Å². The van der Waals surface area contributed by atoms with E-state index in [9.17, 15) is 15.0 Å². The number of benzene rings is 2. The highest BCUT2D eigenvalue weighted by molar-refractivity contribution is 5.90. The number of phenols is 1. The van der Waals surface area contributed by atoms with Gasteiger partial charge in [0.05, 0.1) is 29.1 Å². The van der Waals surface area contributed by atoms with Crippen molar-refractivity contribution in [3.05, 3.63) is 82.2 Å². The molecule has 0 saturated heterocycles. The molecule has 0 fully saturated rings. The molecule has 180 valence electrons. The molecule has 0 bridgehead atoms. The number of aliphatic hydroxyl groups is 1. The van der Waals surface area contributed by atoms with Crippen molar-refractivity contribution in [1.82, 2.24) is 24.3 Å². The molecular weight excluding hydrogens is 456 g/mol. The zero-order valence-electron chi connectivity index (χ0n) is 19.8. The second-order valence-corrected chi connectivity index (χ2v) is 8.62. The van der Waals surface area contributed by atoms with E-state index in [4.69, 9.17) is 5.73 Å². The Bertz CT molecular complexity index is 1740. The van der Waals surface area contributed by atoms with Crippen LogP contribution in [-0.4, -0.2) is 40.6 Å². The molecular formula is C27H24N6O3. The molecule has 0 aliphatic rings. The van der Waals surface area contributed by atoms with Gasteiger partial charge in [-0.3, -0.25) is 9.36 Å². The van der Waals surface area contributed by atoms with Gasteiger partial charge in [-0.15, -0.1) is 0 Å². The second-order valence-electron chi connectivity index (χ2n) is 8.62. The number of nitrogen functional groups attached to an aromatic ring is 1. The van der Waals surface area contributed by atoms with Gasteiger partial charge in [0, 0.05) is 12.1 Å². The highest BCUT2D eigenvalue weighted by atomic mass is 16.3. The Kier molecular flexibility index (Phi) is 5.88. The maximum atomic E-state index is 13.8. The van der Waals surface area contributed by atoms with E-state index in [1.54, 1.807) is 35.9 Å². The number of aromatic hydroxyl groups is 1. The molecule has 0 aliphatic heterocycles. The molecule has 36 heavy (non-hydrogen) atoms. The molecule has 5 rings (SSSR count). The minimum absolute atomic E-state index is 0.0182. The van der Waals surface area contributed by atoms with E-state index in [0.29, 0.717) is 33.5 Å². The number of aromatic nitrogens is 5. The third kappa shape index (κ3) is 4.04. The topological polar surface area (TPSA) is 132 Å². The van der Waals surface area contributed by atoms with Crippen LogP contribution in [0.1, 0.15) is 30.3 Å². The zero-order chi connectivity index (χ0) is 25.4. The lowest BCUT2D eigenvalue weighted by Crippen LogP contribution is -2.24. The van der Waals surface area contributed by atoms with Crippen molar-refractivity contribution in [3.8, 4) is 23.3 Å². The fourth-order valence-corrected chi connectivity index (χ4v) is 4.29. The standard InChI is InChI=1S/C27H24N6O3/c1-16-7-5-9-18-13-19(33(27(36)23(16)18)21-11-3-4-12-22(21)35)14-32-26-24(25(28)29-15-30-26)20(31-32)10-6-8-17(2)34/h3-5,7,9,11-13,15,17,34-35H,8,14H2,1-2H3,(H2,28,29,30)/t17-/m1/s1. The Balaban J connectivity index is 1.75. The average Bonchev–Trinajstić information content (AvgIpc) is 3.18. The molecule has 0 radical (unpaired) electrons. The molecule has 0 saturated carbocycles. The Morgan fingerprint density at radius 3 is 2.69 bits per heavy atom. The highest BCUT2D eigenvalue weighted by Crippen LogP contribution is 2.26. The van der Waals surface area contributed by atoms with Gasteiger partial charge in [0.2, 0.25) is 0 Å². The first-order valence-corrected chi connectivity index (χ1v) is 11.4. The molecule has 0 amide bonds. The summed E-state index contributed by atoms with van der Waals surface area (Å²) >= 11 is 0. The Morgan fingerprint density at radius 1 is 1.11 bits per heavy atom. The number of hydrogen-bond acceptors (Lipinski definition) is 7. The second kappa shape index (κ2) is 9.17. The van der Waals surface area contributed by atoms with Gasteiger partial charge in [0.15, 0.2) is 5.65 Å². The first-order chi connectivity index (χ1) is 17.3. The SMILES string of the molecule is Cc1cccc2cc(Cn3nc(C#CC[C@@H](C)O)c4c(N)ncnc43)n(-c3ccccc3O)c(=O)c12. The van der Waals surface area contributed by atoms with E-state index in [-0.39, 0.29) is 30.1 Å². The molecule has 9 heteroatoms. The van der Waals surface area contributed by atoms with Crippen LogP contribution in [0.2, 0.25) is 0 Å². The minimum atomic E-state index is -0.575. The van der Waals surface area contributed by atoms with Crippen molar-refractivity contribution in [2.75, 3.05) is 5.73 Å². The Labute approximate surface area is 206 Å². The molecule has 4 N–H and O–H groups in total. The number of nitrogens with two attached hydrogens (primary N) is 1. The van der Waals surface area contributed by atoms with Gasteiger partial charge in [-0.1, -0.05) is 36.3 Å². The third-order valence-corrected chi connectivity index (χ3v) is 5.93. The van der Waals surface area contributed by atoms with Crippen molar-refractivity contribution in [2.45, 2.75) is 32.9 Å². The van der Waals surface area contributed by atoms with Crippen molar-refractivity contribution in [3.63, 3.8) is 0 Å². The van der Waals surface area contributed by atoms with Crippen molar-refractivity contribution in [2.24, 2.45) is 0 Å². The van der Waals surface area contributed by atoms with Crippen LogP contribution in [0.5, 0.6) is 5.75 Å². The summed E-state index contributed by atoms with van der Waals surface area (Å²) in [7, 11) is 0. The predicted octanol–water partition coefficient (Wildman–Crippen LogP) is 2.90. The summed E-state index contributed by atoms with van der Waals surface area (Å²) in [4.78, 5) is 22.2. The Hall–Kier alpha value is -4.68. The minimum Gasteiger partial charge on any atom is -0.506 e. The molecule has 1 atom stereocenters. The first-order valence-electron chi connectivity index (χ1n) is 11.4. The molecule has 9 nitrogen and oxygen atoms in total. The fourth-order valence-electron chi connectivity index (χ4n) is 4.29. The number of fused-ring (bicyclic) bond motifs is 2. The highest BCUT2D eigenvalue weighted by Gasteiger charge is 2.19. The largest absolute Gasteiger partial charge is 0.506 e. The molecule has 2 aromatic carbocycles. The number of para-hydroxylation sites is 2. The van der Waals surface area contributed by atoms with Gasteiger partial charge >= 0.3 is 0 Å². The summed E-state index contributed by atoms with van der Waals surface area (Å²) in [6.07, 6.45) is 1.05. The molecule has 0 spiro atoms. The van der Waals surface area contributed by atoms with Crippen molar-refractivity contribution in [1.29, 1.82) is 0 Å². The number of aryl methyl sites for hydroxylation is 1. The molecule has 0 aliphatic carbocycles. The van der Waals surface area contributed by atoms with E-state index in [1.165, 1.54) is 10.9 Å². The summed E-state index contributed by atoms with van der Waals surface area (Å²) in [5.74, 6) is 6.08. The fraction of sp³-hybridized carbons (Fsp3) is 0.185. The van der Waals surface area contributed by atoms with Crippen LogP contribution in [0.4, 0.5) is 5.82 Å². The summed E-state index contributed by atoms with van der Waals surface area (Å²) in [6.45, 7) is 3.69. The van der Waals surface area contributed by atoms with Crippen LogP contribution in [0.3, 0.4) is 0 Å². The van der Waals surface area contributed by atoms with E-state index in [0.717, 1.165) is 10.9 Å². The lowest BCUT2D eigenvalue weighted by Gasteiger charge is -2.17. The monoisotopic (exact) mass is 480 g/mol. The summed E-state index contributed by atoms with van der Waals surface area (Å²) < 4.78 is 3.12. The van der Waals surface area contributed by atoms with Crippen LogP contribution in [-0.2, 0) is 6.54 Å². The normalized spacial score (nSPS) is 12.0. The van der Waals surface area contributed by atoms with Crippen LogP contribution >= 0.6 is 0 Å². The van der Waals surface area contributed by atoms with Gasteiger partial charge in [0.25, 0.3) is 5.56 Å². The van der Waals surface area contributed by atoms with Gasteiger partial charge in [-0.2, -0.15) is 5.10 Å². The number of phenolic OH excluding ortho intramolecular Hbond substituents is 1. The van der Waals surface area contributed by atoms with Crippen molar-refractivity contribution >= 4 is 27.6 Å². The number of nitrogens with zero attached hydrogens (tertiary/aromatic N) is 5. The number of rotatable bonds is 4. The predicted molar refractivity (Wildman–Crippen MR) is 138 cm³/mol. The van der Waals surface area contributed by atoms with Crippen LogP contribution in [0.15, 0.2) is 59.7 Å². The van der Waals surface area contributed by atoms with Gasteiger partial charge in [0.1, 0.15) is 23.6 Å².